The second-order valence-electron chi connectivity index (χ2n) is 2.71. The maximum Gasteiger partial charge on any atom is 0.225 e. The van der Waals surface area contributed by atoms with E-state index in [2.05, 4.69) is 11.2 Å². The van der Waals surface area contributed by atoms with Crippen molar-refractivity contribution in [3.63, 3.8) is 0 Å². The summed E-state index contributed by atoms with van der Waals surface area (Å²) in [6.07, 6.45) is 5.70. The molecule has 0 aromatic carbocycles. The molecular formula is C9H13NO3. The quantitative estimate of drug-likeness (QED) is 0.621. The molecule has 0 atom stereocenters. The van der Waals surface area contributed by atoms with Crippen molar-refractivity contribution in [1.29, 1.82) is 0 Å². The molecule has 0 radical (unpaired) electrons. The Morgan fingerprint density at radius 1 is 1.54 bits per heavy atom. The average Bonchev–Trinajstić information content (AvgIpc) is 2.16. The number of nitrogens with one attached hydrogen (secondary N) is 1. The Morgan fingerprint density at radius 2 is 2.23 bits per heavy atom. The molecule has 1 fully saturated rings. The van der Waals surface area contributed by atoms with E-state index in [1.807, 2.05) is 0 Å². The molecule has 1 amide bonds. The number of rotatable bonds is 3. The number of hydrogen-bond donors (Lipinski definition) is 1. The van der Waals surface area contributed by atoms with Crippen LogP contribution in [0.15, 0.2) is 0 Å². The van der Waals surface area contributed by atoms with Gasteiger partial charge in [-0.05, 0) is 6.42 Å². The Bertz CT molecular complexity index is 203. The highest BCUT2D eigenvalue weighted by molar-refractivity contribution is 5.76. The molecule has 1 aliphatic heterocycles. The predicted molar refractivity (Wildman–Crippen MR) is 46.8 cm³/mol. The molecule has 0 aromatic rings. The van der Waals surface area contributed by atoms with Crippen molar-refractivity contribution in [3.05, 3.63) is 0 Å². The van der Waals surface area contributed by atoms with E-state index in [-0.39, 0.29) is 18.9 Å². The van der Waals surface area contributed by atoms with Crippen LogP contribution < -0.4 is 5.32 Å². The zero-order chi connectivity index (χ0) is 9.52. The highest BCUT2D eigenvalue weighted by Crippen LogP contribution is 2.07. The van der Waals surface area contributed by atoms with Crippen LogP contribution in [0.25, 0.3) is 0 Å². The van der Waals surface area contributed by atoms with Gasteiger partial charge in [-0.1, -0.05) is 5.92 Å². The second-order valence-corrected chi connectivity index (χ2v) is 2.71. The van der Waals surface area contributed by atoms with Crippen molar-refractivity contribution in [2.45, 2.75) is 19.1 Å². The van der Waals surface area contributed by atoms with Gasteiger partial charge in [0, 0.05) is 0 Å². The van der Waals surface area contributed by atoms with E-state index in [9.17, 15) is 4.79 Å². The van der Waals surface area contributed by atoms with Gasteiger partial charge in [0.1, 0.15) is 0 Å². The van der Waals surface area contributed by atoms with E-state index < -0.39 is 6.29 Å². The largest absolute Gasteiger partial charge is 0.352 e. The van der Waals surface area contributed by atoms with Crippen molar-refractivity contribution in [3.8, 4) is 12.3 Å². The lowest BCUT2D eigenvalue weighted by Gasteiger charge is -2.22. The summed E-state index contributed by atoms with van der Waals surface area (Å²) < 4.78 is 10.4. The van der Waals surface area contributed by atoms with Crippen LogP contribution in [0.5, 0.6) is 0 Å². The van der Waals surface area contributed by atoms with E-state index in [1.54, 1.807) is 0 Å². The molecule has 0 spiro atoms. The summed E-state index contributed by atoms with van der Waals surface area (Å²) in [4.78, 5) is 11.1. The van der Waals surface area contributed by atoms with Crippen LogP contribution in [0.3, 0.4) is 0 Å². The highest BCUT2D eigenvalue weighted by Gasteiger charge is 2.17. The number of terminal acetylenes is 1. The maximum atomic E-state index is 11.1. The van der Waals surface area contributed by atoms with E-state index in [0.29, 0.717) is 13.2 Å². The topological polar surface area (TPSA) is 47.6 Å². The van der Waals surface area contributed by atoms with Crippen molar-refractivity contribution < 1.29 is 14.3 Å². The standard InChI is InChI=1S/C9H13NO3/c1-2-4-10-8(11)7-9-12-5-3-6-13-9/h1,9H,3-7H2,(H,10,11). The lowest BCUT2D eigenvalue weighted by molar-refractivity contribution is -0.183. The third kappa shape index (κ3) is 3.92. The number of amides is 1. The van der Waals surface area contributed by atoms with Gasteiger partial charge in [-0.2, -0.15) is 0 Å². The lowest BCUT2D eigenvalue weighted by atomic mass is 10.3. The first kappa shape index (κ1) is 10.0. The lowest BCUT2D eigenvalue weighted by Crippen LogP contribution is -2.33. The molecule has 0 aromatic heterocycles. The number of ether oxygens (including phenoxy) is 2. The fourth-order valence-corrected chi connectivity index (χ4v) is 1.03. The predicted octanol–water partition coefficient (Wildman–Crippen LogP) is -0.111. The summed E-state index contributed by atoms with van der Waals surface area (Å²) in [6.45, 7) is 1.58. The van der Waals surface area contributed by atoms with Crippen molar-refractivity contribution >= 4 is 5.91 Å². The Morgan fingerprint density at radius 3 is 2.85 bits per heavy atom. The van der Waals surface area contributed by atoms with Gasteiger partial charge in [-0.25, -0.2) is 0 Å². The van der Waals surface area contributed by atoms with E-state index >= 15 is 0 Å². The van der Waals surface area contributed by atoms with Crippen molar-refractivity contribution in [2.75, 3.05) is 19.8 Å². The first-order valence-corrected chi connectivity index (χ1v) is 4.26. The Balaban J connectivity index is 2.15. The Kier molecular flexibility index (Phi) is 4.30. The second kappa shape index (κ2) is 5.57. The molecule has 0 bridgehead atoms. The molecule has 1 saturated heterocycles. The molecule has 0 aliphatic carbocycles. The third-order valence-corrected chi connectivity index (χ3v) is 1.64. The van der Waals surface area contributed by atoms with E-state index in [1.165, 1.54) is 0 Å². The van der Waals surface area contributed by atoms with E-state index in [0.717, 1.165) is 6.42 Å². The summed E-state index contributed by atoms with van der Waals surface area (Å²) in [5.74, 6) is 2.19. The van der Waals surface area contributed by atoms with Gasteiger partial charge < -0.3 is 14.8 Å². The molecule has 1 heterocycles. The van der Waals surface area contributed by atoms with Crippen LogP contribution in [0, 0.1) is 12.3 Å². The van der Waals surface area contributed by atoms with Crippen LogP contribution in [0.4, 0.5) is 0 Å². The summed E-state index contributed by atoms with van der Waals surface area (Å²) in [5, 5.41) is 2.54. The first-order valence-electron chi connectivity index (χ1n) is 4.26. The average molecular weight is 183 g/mol. The monoisotopic (exact) mass is 183 g/mol. The fraction of sp³-hybridized carbons (Fsp3) is 0.667. The molecule has 1 aliphatic rings. The summed E-state index contributed by atoms with van der Waals surface area (Å²) in [5.41, 5.74) is 0. The van der Waals surface area contributed by atoms with Crippen LogP contribution in [0.1, 0.15) is 12.8 Å². The molecular weight excluding hydrogens is 170 g/mol. The molecule has 13 heavy (non-hydrogen) atoms. The number of hydrogen-bond acceptors (Lipinski definition) is 3. The molecule has 1 N–H and O–H groups in total. The normalized spacial score (nSPS) is 17.8. The van der Waals surface area contributed by atoms with Gasteiger partial charge in [-0.3, -0.25) is 4.79 Å². The molecule has 72 valence electrons. The fourth-order valence-electron chi connectivity index (χ4n) is 1.03. The van der Waals surface area contributed by atoms with Crippen LogP contribution in [-0.2, 0) is 14.3 Å². The third-order valence-electron chi connectivity index (χ3n) is 1.64. The molecule has 4 nitrogen and oxygen atoms in total. The highest BCUT2D eigenvalue weighted by atomic mass is 16.7. The zero-order valence-corrected chi connectivity index (χ0v) is 7.41. The van der Waals surface area contributed by atoms with Gasteiger partial charge in [0.2, 0.25) is 5.91 Å². The maximum absolute atomic E-state index is 11.1. The minimum absolute atomic E-state index is 0.134. The minimum Gasteiger partial charge on any atom is -0.352 e. The van der Waals surface area contributed by atoms with E-state index in [4.69, 9.17) is 15.9 Å². The van der Waals surface area contributed by atoms with Gasteiger partial charge in [0.15, 0.2) is 6.29 Å². The molecule has 0 saturated carbocycles. The number of carbonyl (C=O) groups excluding carboxylic acids is 1. The van der Waals surface area contributed by atoms with Gasteiger partial charge in [0.25, 0.3) is 0 Å². The summed E-state index contributed by atoms with van der Waals surface area (Å²) in [6, 6.07) is 0. The first-order chi connectivity index (χ1) is 6.33. The van der Waals surface area contributed by atoms with Crippen LogP contribution >= 0.6 is 0 Å². The van der Waals surface area contributed by atoms with Crippen LogP contribution in [0.2, 0.25) is 0 Å². The van der Waals surface area contributed by atoms with Crippen molar-refractivity contribution in [1.82, 2.24) is 5.32 Å². The molecule has 0 unspecified atom stereocenters. The minimum atomic E-state index is -0.397. The Hall–Kier alpha value is -1.05. The molecule has 1 rings (SSSR count). The smallest absolute Gasteiger partial charge is 0.225 e. The summed E-state index contributed by atoms with van der Waals surface area (Å²) >= 11 is 0. The van der Waals surface area contributed by atoms with Crippen LogP contribution in [-0.4, -0.2) is 32.0 Å². The zero-order valence-electron chi connectivity index (χ0n) is 7.41. The number of carbonyl (C=O) groups is 1. The molecule has 4 heteroatoms. The van der Waals surface area contributed by atoms with Gasteiger partial charge in [0.05, 0.1) is 26.2 Å². The van der Waals surface area contributed by atoms with Crippen molar-refractivity contribution in [2.24, 2.45) is 0 Å². The Labute approximate surface area is 77.6 Å². The van der Waals surface area contributed by atoms with Gasteiger partial charge >= 0.3 is 0 Å². The SMILES string of the molecule is C#CCNC(=O)CC1OCCCO1. The summed E-state index contributed by atoms with van der Waals surface area (Å²) in [7, 11) is 0. The van der Waals surface area contributed by atoms with Gasteiger partial charge in [-0.15, -0.1) is 6.42 Å².